The largest absolute Gasteiger partial charge is 0.347 e. The van der Waals surface area contributed by atoms with Crippen LogP contribution >= 0.6 is 11.6 Å². The Bertz CT molecular complexity index is 483. The molecule has 0 amide bonds. The average molecular weight is 246 g/mol. The number of sulfone groups is 1. The summed E-state index contributed by atoms with van der Waals surface area (Å²) in [6, 6.07) is -0.267. The molecule has 0 spiro atoms. The van der Waals surface area contributed by atoms with Crippen LogP contribution in [0.1, 0.15) is 0 Å². The van der Waals surface area contributed by atoms with E-state index in [1.54, 1.807) is 6.08 Å². The summed E-state index contributed by atoms with van der Waals surface area (Å²) in [4.78, 5) is 7.81. The highest BCUT2D eigenvalue weighted by atomic mass is 35.5. The highest BCUT2D eigenvalue weighted by molar-refractivity contribution is 7.94. The molecule has 0 radical (unpaired) electrons. The zero-order valence-electron chi connectivity index (χ0n) is 7.59. The van der Waals surface area contributed by atoms with Crippen molar-refractivity contribution in [3.8, 4) is 0 Å². The van der Waals surface area contributed by atoms with Crippen molar-refractivity contribution < 1.29 is 8.42 Å². The van der Waals surface area contributed by atoms with Gasteiger partial charge in [-0.3, -0.25) is 0 Å². The second kappa shape index (κ2) is 3.79. The van der Waals surface area contributed by atoms with Crippen molar-refractivity contribution in [2.45, 2.75) is 6.04 Å². The molecule has 2 rings (SSSR count). The lowest BCUT2D eigenvalue weighted by Gasteiger charge is -2.08. The predicted octanol–water partition coefficient (Wildman–Crippen LogP) is 0.853. The number of hydrogen-bond donors (Lipinski definition) is 1. The number of hydrogen-bond acceptors (Lipinski definition) is 5. The third kappa shape index (κ3) is 2.66. The summed E-state index contributed by atoms with van der Waals surface area (Å²) in [6.45, 7) is 0. The Morgan fingerprint density at radius 3 is 2.60 bits per heavy atom. The maximum Gasteiger partial charge on any atom is 0.223 e. The van der Waals surface area contributed by atoms with Gasteiger partial charge in [-0.15, -0.1) is 0 Å². The number of anilines is 1. The fraction of sp³-hybridized carbons (Fsp3) is 0.250. The highest BCUT2D eigenvalue weighted by Gasteiger charge is 2.21. The van der Waals surface area contributed by atoms with Crippen molar-refractivity contribution in [1.82, 2.24) is 9.97 Å². The Labute approximate surface area is 92.1 Å². The van der Waals surface area contributed by atoms with Crippen LogP contribution in [0.2, 0.25) is 5.02 Å². The number of halogens is 1. The number of aromatic nitrogens is 2. The summed E-state index contributed by atoms with van der Waals surface area (Å²) in [7, 11) is -3.05. The van der Waals surface area contributed by atoms with E-state index in [1.807, 2.05) is 0 Å². The van der Waals surface area contributed by atoms with Crippen LogP contribution in [-0.2, 0) is 9.84 Å². The summed E-state index contributed by atoms with van der Waals surface area (Å²) >= 11 is 5.61. The second-order valence-corrected chi connectivity index (χ2v) is 5.50. The Morgan fingerprint density at radius 2 is 2.07 bits per heavy atom. The minimum atomic E-state index is -3.05. The van der Waals surface area contributed by atoms with E-state index in [1.165, 1.54) is 17.8 Å². The van der Waals surface area contributed by atoms with Crippen molar-refractivity contribution >= 4 is 27.4 Å². The maximum absolute atomic E-state index is 11.1. The Hall–Kier alpha value is -1.14. The van der Waals surface area contributed by atoms with Crippen LogP contribution in [0.15, 0.2) is 23.9 Å². The molecule has 1 unspecified atom stereocenters. The SMILES string of the molecule is O=S1(=O)C=CC(Nc2ncc(Cl)cn2)C1. The van der Waals surface area contributed by atoms with Crippen LogP contribution in [0.4, 0.5) is 5.95 Å². The van der Waals surface area contributed by atoms with Crippen LogP contribution in [0, 0.1) is 0 Å². The standard InChI is InChI=1S/C8H8ClN3O2S/c9-6-3-10-8(11-4-6)12-7-1-2-15(13,14)5-7/h1-4,7H,5H2,(H,10,11,12). The first-order valence-electron chi connectivity index (χ1n) is 4.20. The lowest BCUT2D eigenvalue weighted by molar-refractivity contribution is 0.605. The molecule has 0 aliphatic carbocycles. The van der Waals surface area contributed by atoms with Gasteiger partial charge in [0.15, 0.2) is 9.84 Å². The number of rotatable bonds is 2. The average Bonchev–Trinajstić information content (AvgIpc) is 2.50. The summed E-state index contributed by atoms with van der Waals surface area (Å²) in [5.41, 5.74) is 0. The monoisotopic (exact) mass is 245 g/mol. The number of nitrogens with zero attached hydrogens (tertiary/aromatic N) is 2. The summed E-state index contributed by atoms with van der Waals surface area (Å²) in [6.07, 6.45) is 4.47. The van der Waals surface area contributed by atoms with Gasteiger partial charge >= 0.3 is 0 Å². The zero-order valence-corrected chi connectivity index (χ0v) is 9.16. The summed E-state index contributed by atoms with van der Waals surface area (Å²) in [5.74, 6) is 0.407. The van der Waals surface area contributed by atoms with Gasteiger partial charge < -0.3 is 5.32 Å². The molecule has 0 bridgehead atoms. The summed E-state index contributed by atoms with van der Waals surface area (Å²) < 4.78 is 22.2. The molecular weight excluding hydrogens is 238 g/mol. The van der Waals surface area contributed by atoms with E-state index in [4.69, 9.17) is 11.6 Å². The third-order valence-corrected chi connectivity index (χ3v) is 3.46. The third-order valence-electron chi connectivity index (χ3n) is 1.86. The fourth-order valence-electron chi connectivity index (χ4n) is 1.22. The van der Waals surface area contributed by atoms with Crippen molar-refractivity contribution in [1.29, 1.82) is 0 Å². The van der Waals surface area contributed by atoms with Gasteiger partial charge in [0.1, 0.15) is 0 Å². The van der Waals surface area contributed by atoms with Gasteiger partial charge in [-0.25, -0.2) is 18.4 Å². The van der Waals surface area contributed by atoms with Crippen LogP contribution in [0.5, 0.6) is 0 Å². The lowest BCUT2D eigenvalue weighted by atomic mass is 10.3. The molecular formula is C8H8ClN3O2S. The Kier molecular flexibility index (Phi) is 2.62. The van der Waals surface area contributed by atoms with Gasteiger partial charge in [-0.1, -0.05) is 11.6 Å². The van der Waals surface area contributed by atoms with E-state index in [9.17, 15) is 8.42 Å². The fourth-order valence-corrected chi connectivity index (χ4v) is 2.55. The summed E-state index contributed by atoms with van der Waals surface area (Å²) in [5, 5.41) is 4.51. The van der Waals surface area contributed by atoms with E-state index in [0.717, 1.165) is 0 Å². The molecule has 0 aromatic carbocycles. The van der Waals surface area contributed by atoms with Gasteiger partial charge in [0.25, 0.3) is 0 Å². The van der Waals surface area contributed by atoms with E-state index in [0.29, 0.717) is 11.0 Å². The molecule has 1 aliphatic heterocycles. The lowest BCUT2D eigenvalue weighted by Crippen LogP contribution is -2.22. The van der Waals surface area contributed by atoms with Crippen LogP contribution in [0.25, 0.3) is 0 Å². The smallest absolute Gasteiger partial charge is 0.223 e. The molecule has 7 heteroatoms. The minimum Gasteiger partial charge on any atom is -0.347 e. The predicted molar refractivity (Wildman–Crippen MR) is 57.4 cm³/mol. The van der Waals surface area contributed by atoms with Crippen molar-refractivity contribution in [3.05, 3.63) is 28.9 Å². The van der Waals surface area contributed by atoms with Crippen molar-refractivity contribution in [3.63, 3.8) is 0 Å². The topological polar surface area (TPSA) is 72.0 Å². The van der Waals surface area contributed by atoms with Gasteiger partial charge in [0.05, 0.1) is 29.2 Å². The molecule has 80 valence electrons. The molecule has 1 aromatic rings. The van der Waals surface area contributed by atoms with Crippen LogP contribution in [-0.4, -0.2) is 30.2 Å². The normalized spacial score (nSPS) is 22.9. The Balaban J connectivity index is 2.05. The van der Waals surface area contributed by atoms with E-state index >= 15 is 0 Å². The highest BCUT2D eigenvalue weighted by Crippen LogP contribution is 2.12. The molecule has 0 saturated heterocycles. The molecule has 1 aliphatic rings. The van der Waals surface area contributed by atoms with E-state index in [2.05, 4.69) is 15.3 Å². The molecule has 0 fully saturated rings. The first-order chi connectivity index (χ1) is 7.05. The molecule has 1 aromatic heterocycles. The molecule has 5 nitrogen and oxygen atoms in total. The first-order valence-corrected chi connectivity index (χ1v) is 6.29. The Morgan fingerprint density at radius 1 is 1.40 bits per heavy atom. The van der Waals surface area contributed by atoms with Gasteiger partial charge in [-0.05, 0) is 6.08 Å². The maximum atomic E-state index is 11.1. The van der Waals surface area contributed by atoms with Crippen LogP contribution in [0.3, 0.4) is 0 Å². The quantitative estimate of drug-likeness (QED) is 0.837. The van der Waals surface area contributed by atoms with E-state index < -0.39 is 9.84 Å². The molecule has 1 N–H and O–H groups in total. The molecule has 1 atom stereocenters. The van der Waals surface area contributed by atoms with Gasteiger partial charge in [0, 0.05) is 5.41 Å². The van der Waals surface area contributed by atoms with E-state index in [-0.39, 0.29) is 11.8 Å². The van der Waals surface area contributed by atoms with Gasteiger partial charge in [-0.2, -0.15) is 0 Å². The van der Waals surface area contributed by atoms with Crippen molar-refractivity contribution in [2.75, 3.05) is 11.1 Å². The second-order valence-electron chi connectivity index (χ2n) is 3.13. The zero-order chi connectivity index (χ0) is 10.9. The molecule has 0 saturated carbocycles. The van der Waals surface area contributed by atoms with Crippen molar-refractivity contribution in [2.24, 2.45) is 0 Å². The first kappa shape index (κ1) is 10.4. The van der Waals surface area contributed by atoms with Crippen LogP contribution < -0.4 is 5.32 Å². The molecule has 2 heterocycles. The van der Waals surface area contributed by atoms with Gasteiger partial charge in [0.2, 0.25) is 5.95 Å². The number of nitrogens with one attached hydrogen (secondary N) is 1. The molecule has 15 heavy (non-hydrogen) atoms. The minimum absolute atomic E-state index is 0.0407.